The van der Waals surface area contributed by atoms with E-state index in [4.69, 9.17) is 9.47 Å². The molecule has 3 heteroatoms. The van der Waals surface area contributed by atoms with E-state index >= 15 is 0 Å². The van der Waals surface area contributed by atoms with Gasteiger partial charge < -0.3 is 14.8 Å². The third kappa shape index (κ3) is 5.24. The number of rotatable bonds is 8. The summed E-state index contributed by atoms with van der Waals surface area (Å²) >= 11 is 0. The zero-order chi connectivity index (χ0) is 9.36. The Bertz CT molecular complexity index is 115. The minimum Gasteiger partial charge on any atom is -0.385 e. The molecule has 0 amide bonds. The van der Waals surface area contributed by atoms with Crippen molar-refractivity contribution in [2.45, 2.75) is 31.7 Å². The molecule has 3 nitrogen and oxygen atoms in total. The predicted octanol–water partition coefficient (Wildman–Crippen LogP) is 1.18. The zero-order valence-electron chi connectivity index (χ0n) is 8.55. The second kappa shape index (κ2) is 7.30. The van der Waals surface area contributed by atoms with Crippen LogP contribution in [0.3, 0.4) is 0 Å². The molecule has 0 radical (unpaired) electrons. The van der Waals surface area contributed by atoms with Crippen molar-refractivity contribution >= 4 is 0 Å². The maximum atomic E-state index is 5.41. The third-order valence-corrected chi connectivity index (χ3v) is 2.42. The molecule has 13 heavy (non-hydrogen) atoms. The first-order chi connectivity index (χ1) is 6.43. The first kappa shape index (κ1) is 11.0. The van der Waals surface area contributed by atoms with Gasteiger partial charge in [-0.15, -0.1) is 0 Å². The molecule has 0 aromatic rings. The summed E-state index contributed by atoms with van der Waals surface area (Å²) < 4.78 is 10.3. The molecule has 0 bridgehead atoms. The molecular formula is C10H21NO2. The lowest BCUT2D eigenvalue weighted by atomic mass is 9.93. The Morgan fingerprint density at radius 3 is 2.69 bits per heavy atom. The molecule has 0 aliphatic heterocycles. The Hall–Kier alpha value is -0.120. The standard InChI is InChI=1S/C10H21NO2/c1-12-7-3-8-13-9-6-11-10-4-2-5-10/h10-11H,2-9H2,1H3. The molecule has 0 saturated heterocycles. The summed E-state index contributed by atoms with van der Waals surface area (Å²) in [6, 6.07) is 0.780. The van der Waals surface area contributed by atoms with E-state index in [0.29, 0.717) is 0 Å². The van der Waals surface area contributed by atoms with Crippen LogP contribution in [-0.2, 0) is 9.47 Å². The van der Waals surface area contributed by atoms with Crippen LogP contribution in [-0.4, -0.2) is 39.5 Å². The van der Waals surface area contributed by atoms with Gasteiger partial charge in [-0.05, 0) is 19.3 Å². The quantitative estimate of drug-likeness (QED) is 0.579. The highest BCUT2D eigenvalue weighted by Crippen LogP contribution is 2.17. The first-order valence-electron chi connectivity index (χ1n) is 5.23. The van der Waals surface area contributed by atoms with Gasteiger partial charge in [0.25, 0.3) is 0 Å². The number of hydrogen-bond donors (Lipinski definition) is 1. The van der Waals surface area contributed by atoms with Crippen LogP contribution in [0.1, 0.15) is 25.7 Å². The van der Waals surface area contributed by atoms with E-state index in [1.54, 1.807) is 7.11 Å². The molecule has 0 atom stereocenters. The fraction of sp³-hybridized carbons (Fsp3) is 1.00. The summed E-state index contributed by atoms with van der Waals surface area (Å²) in [6.07, 6.45) is 5.10. The molecule has 1 N–H and O–H groups in total. The molecule has 78 valence electrons. The Kier molecular flexibility index (Phi) is 6.15. The van der Waals surface area contributed by atoms with Gasteiger partial charge in [0.1, 0.15) is 0 Å². The summed E-state index contributed by atoms with van der Waals surface area (Å²) in [5, 5.41) is 3.45. The molecule has 1 fully saturated rings. The largest absolute Gasteiger partial charge is 0.385 e. The van der Waals surface area contributed by atoms with Gasteiger partial charge in [0.2, 0.25) is 0 Å². The van der Waals surface area contributed by atoms with Crippen LogP contribution in [0.2, 0.25) is 0 Å². The van der Waals surface area contributed by atoms with Crippen LogP contribution in [0.4, 0.5) is 0 Å². The van der Waals surface area contributed by atoms with Crippen LogP contribution < -0.4 is 5.32 Å². The van der Waals surface area contributed by atoms with Gasteiger partial charge in [0.05, 0.1) is 6.61 Å². The molecule has 1 aliphatic carbocycles. The fourth-order valence-electron chi connectivity index (χ4n) is 1.35. The molecular weight excluding hydrogens is 166 g/mol. The van der Waals surface area contributed by atoms with Gasteiger partial charge in [0.15, 0.2) is 0 Å². The lowest BCUT2D eigenvalue weighted by Gasteiger charge is -2.26. The fourth-order valence-corrected chi connectivity index (χ4v) is 1.35. The lowest BCUT2D eigenvalue weighted by Crippen LogP contribution is -2.37. The summed E-state index contributed by atoms with van der Waals surface area (Å²) in [5.41, 5.74) is 0. The number of ether oxygens (including phenoxy) is 2. The Balaban J connectivity index is 1.68. The van der Waals surface area contributed by atoms with Crippen molar-refractivity contribution in [3.05, 3.63) is 0 Å². The molecule has 0 aromatic heterocycles. The molecule has 1 aliphatic rings. The molecule has 0 aromatic carbocycles. The van der Waals surface area contributed by atoms with Gasteiger partial charge in [-0.25, -0.2) is 0 Å². The van der Waals surface area contributed by atoms with Gasteiger partial charge in [-0.1, -0.05) is 6.42 Å². The normalized spacial score (nSPS) is 17.3. The van der Waals surface area contributed by atoms with Gasteiger partial charge in [-0.3, -0.25) is 0 Å². The second-order valence-electron chi connectivity index (χ2n) is 3.54. The average Bonchev–Trinajstić information content (AvgIpc) is 2.07. The number of nitrogens with one attached hydrogen (secondary N) is 1. The second-order valence-corrected chi connectivity index (χ2v) is 3.54. The van der Waals surface area contributed by atoms with Crippen molar-refractivity contribution < 1.29 is 9.47 Å². The molecule has 0 heterocycles. The van der Waals surface area contributed by atoms with Crippen LogP contribution in [0.5, 0.6) is 0 Å². The molecule has 1 saturated carbocycles. The van der Waals surface area contributed by atoms with Crippen molar-refractivity contribution in [2.24, 2.45) is 0 Å². The maximum Gasteiger partial charge on any atom is 0.0591 e. The topological polar surface area (TPSA) is 30.5 Å². The van der Waals surface area contributed by atoms with E-state index < -0.39 is 0 Å². The summed E-state index contributed by atoms with van der Waals surface area (Å²) in [6.45, 7) is 3.45. The van der Waals surface area contributed by atoms with E-state index in [2.05, 4.69) is 5.32 Å². The number of methoxy groups -OCH3 is 1. The third-order valence-electron chi connectivity index (χ3n) is 2.42. The summed E-state index contributed by atoms with van der Waals surface area (Å²) in [7, 11) is 1.72. The number of hydrogen-bond acceptors (Lipinski definition) is 3. The van der Waals surface area contributed by atoms with E-state index in [1.165, 1.54) is 19.3 Å². The van der Waals surface area contributed by atoms with Gasteiger partial charge in [-0.2, -0.15) is 0 Å². The maximum absolute atomic E-state index is 5.41. The summed E-state index contributed by atoms with van der Waals surface area (Å²) in [4.78, 5) is 0. The first-order valence-corrected chi connectivity index (χ1v) is 5.23. The smallest absolute Gasteiger partial charge is 0.0591 e. The molecule has 1 rings (SSSR count). The summed E-state index contributed by atoms with van der Waals surface area (Å²) in [5.74, 6) is 0. The highest BCUT2D eigenvalue weighted by molar-refractivity contribution is 4.75. The van der Waals surface area contributed by atoms with Gasteiger partial charge in [0, 0.05) is 32.9 Å². The zero-order valence-corrected chi connectivity index (χ0v) is 8.55. The average molecular weight is 187 g/mol. The minimum atomic E-state index is 0.780. The van der Waals surface area contributed by atoms with E-state index in [-0.39, 0.29) is 0 Å². The van der Waals surface area contributed by atoms with Crippen LogP contribution in [0.25, 0.3) is 0 Å². The van der Waals surface area contributed by atoms with Gasteiger partial charge >= 0.3 is 0 Å². The monoisotopic (exact) mass is 187 g/mol. The van der Waals surface area contributed by atoms with E-state index in [9.17, 15) is 0 Å². The van der Waals surface area contributed by atoms with E-state index in [0.717, 1.165) is 38.8 Å². The van der Waals surface area contributed by atoms with Crippen LogP contribution in [0, 0.1) is 0 Å². The van der Waals surface area contributed by atoms with E-state index in [1.807, 2.05) is 0 Å². The van der Waals surface area contributed by atoms with Crippen molar-refractivity contribution in [2.75, 3.05) is 33.5 Å². The Labute approximate surface area is 80.8 Å². The van der Waals surface area contributed by atoms with Crippen LogP contribution >= 0.6 is 0 Å². The molecule has 0 unspecified atom stereocenters. The van der Waals surface area contributed by atoms with Crippen molar-refractivity contribution in [3.8, 4) is 0 Å². The molecule has 0 spiro atoms. The minimum absolute atomic E-state index is 0.780. The Morgan fingerprint density at radius 1 is 1.23 bits per heavy atom. The SMILES string of the molecule is COCCCOCCNC1CCC1. The van der Waals surface area contributed by atoms with Crippen molar-refractivity contribution in [1.29, 1.82) is 0 Å². The highest BCUT2D eigenvalue weighted by atomic mass is 16.5. The Morgan fingerprint density at radius 2 is 2.08 bits per heavy atom. The highest BCUT2D eigenvalue weighted by Gasteiger charge is 2.15. The van der Waals surface area contributed by atoms with Crippen molar-refractivity contribution in [3.63, 3.8) is 0 Å². The van der Waals surface area contributed by atoms with Crippen molar-refractivity contribution in [1.82, 2.24) is 5.32 Å². The lowest BCUT2D eigenvalue weighted by molar-refractivity contribution is 0.101. The van der Waals surface area contributed by atoms with Crippen LogP contribution in [0.15, 0.2) is 0 Å². The predicted molar refractivity (Wildman–Crippen MR) is 53.0 cm³/mol.